The van der Waals surface area contributed by atoms with Gasteiger partial charge < -0.3 is 9.63 Å². The van der Waals surface area contributed by atoms with Gasteiger partial charge in [-0.2, -0.15) is 4.98 Å². The molecular formula is C16H20ClN3O2. The number of aromatic nitrogens is 2. The minimum Gasteiger partial charge on any atom is -0.396 e. The van der Waals surface area contributed by atoms with Crippen molar-refractivity contribution < 1.29 is 9.63 Å². The summed E-state index contributed by atoms with van der Waals surface area (Å²) in [6, 6.07) is 8.04. The average molecular weight is 322 g/mol. The summed E-state index contributed by atoms with van der Waals surface area (Å²) >= 11 is 5.89. The fourth-order valence-corrected chi connectivity index (χ4v) is 2.59. The summed E-state index contributed by atoms with van der Waals surface area (Å²) in [5, 5.41) is 13.6. The molecule has 0 atom stereocenters. The standard InChI is InChI=1S/C16H20ClN3O2/c17-13-5-3-12(4-6-13)16-18-15(22-19-16)11-20(14-7-8-14)9-1-2-10-21/h3-6,14,21H,1-2,7-11H2. The Morgan fingerprint density at radius 2 is 2.00 bits per heavy atom. The van der Waals surface area contributed by atoms with Gasteiger partial charge in [0.1, 0.15) is 0 Å². The van der Waals surface area contributed by atoms with Gasteiger partial charge in [-0.05, 0) is 56.5 Å². The van der Waals surface area contributed by atoms with Crippen LogP contribution in [0.4, 0.5) is 0 Å². The third kappa shape index (κ3) is 4.06. The lowest BCUT2D eigenvalue weighted by Crippen LogP contribution is -2.27. The van der Waals surface area contributed by atoms with E-state index in [1.165, 1.54) is 12.8 Å². The highest BCUT2D eigenvalue weighted by Gasteiger charge is 2.29. The van der Waals surface area contributed by atoms with Gasteiger partial charge >= 0.3 is 0 Å². The van der Waals surface area contributed by atoms with Crippen molar-refractivity contribution in [2.75, 3.05) is 13.2 Å². The van der Waals surface area contributed by atoms with Gasteiger partial charge in [0.2, 0.25) is 11.7 Å². The predicted molar refractivity (Wildman–Crippen MR) is 84.5 cm³/mol. The zero-order valence-corrected chi connectivity index (χ0v) is 13.2. The Kier molecular flexibility index (Phi) is 5.08. The topological polar surface area (TPSA) is 62.4 Å². The maximum atomic E-state index is 8.90. The summed E-state index contributed by atoms with van der Waals surface area (Å²) in [5.41, 5.74) is 0.901. The van der Waals surface area contributed by atoms with E-state index < -0.39 is 0 Å². The number of aliphatic hydroxyl groups is 1. The Morgan fingerprint density at radius 3 is 2.68 bits per heavy atom. The molecule has 0 bridgehead atoms. The van der Waals surface area contributed by atoms with Gasteiger partial charge in [-0.3, -0.25) is 4.90 Å². The molecule has 1 fully saturated rings. The molecule has 5 nitrogen and oxygen atoms in total. The molecular weight excluding hydrogens is 302 g/mol. The number of aliphatic hydroxyl groups excluding tert-OH is 1. The van der Waals surface area contributed by atoms with Crippen LogP contribution in [0.25, 0.3) is 11.4 Å². The fourth-order valence-electron chi connectivity index (χ4n) is 2.47. The molecule has 1 N–H and O–H groups in total. The summed E-state index contributed by atoms with van der Waals surface area (Å²) in [4.78, 5) is 6.85. The van der Waals surface area contributed by atoms with E-state index in [4.69, 9.17) is 21.2 Å². The van der Waals surface area contributed by atoms with Crippen LogP contribution < -0.4 is 0 Å². The van der Waals surface area contributed by atoms with E-state index in [2.05, 4.69) is 15.0 Å². The number of hydrogen-bond donors (Lipinski definition) is 1. The molecule has 0 spiro atoms. The van der Waals surface area contributed by atoms with Crippen molar-refractivity contribution in [2.24, 2.45) is 0 Å². The highest BCUT2D eigenvalue weighted by molar-refractivity contribution is 6.30. The van der Waals surface area contributed by atoms with Crippen molar-refractivity contribution in [2.45, 2.75) is 38.3 Å². The van der Waals surface area contributed by atoms with Crippen molar-refractivity contribution in [3.8, 4) is 11.4 Å². The average Bonchev–Trinajstić information content (AvgIpc) is 3.27. The van der Waals surface area contributed by atoms with Gasteiger partial charge in [0.25, 0.3) is 0 Å². The molecule has 0 amide bonds. The Bertz CT molecular complexity index is 596. The summed E-state index contributed by atoms with van der Waals surface area (Å²) in [6.07, 6.45) is 4.29. The Balaban J connectivity index is 1.63. The lowest BCUT2D eigenvalue weighted by Gasteiger charge is -2.19. The fraction of sp³-hybridized carbons (Fsp3) is 0.500. The molecule has 22 heavy (non-hydrogen) atoms. The van der Waals surface area contributed by atoms with Crippen LogP contribution in [0.5, 0.6) is 0 Å². The lowest BCUT2D eigenvalue weighted by atomic mass is 10.2. The van der Waals surface area contributed by atoms with Crippen molar-refractivity contribution in [1.29, 1.82) is 0 Å². The molecule has 1 aromatic carbocycles. The molecule has 3 rings (SSSR count). The highest BCUT2D eigenvalue weighted by atomic mass is 35.5. The van der Waals surface area contributed by atoms with E-state index in [0.29, 0.717) is 29.3 Å². The van der Waals surface area contributed by atoms with Crippen LogP contribution in [-0.4, -0.2) is 39.3 Å². The molecule has 118 valence electrons. The zero-order chi connectivity index (χ0) is 15.4. The molecule has 1 saturated carbocycles. The van der Waals surface area contributed by atoms with Gasteiger partial charge in [0.15, 0.2) is 0 Å². The van der Waals surface area contributed by atoms with Gasteiger partial charge in [0, 0.05) is 23.2 Å². The number of unbranched alkanes of at least 4 members (excludes halogenated alkanes) is 1. The van der Waals surface area contributed by atoms with E-state index in [1.807, 2.05) is 24.3 Å². The van der Waals surface area contributed by atoms with E-state index >= 15 is 0 Å². The molecule has 1 aliphatic carbocycles. The van der Waals surface area contributed by atoms with Crippen LogP contribution in [-0.2, 0) is 6.54 Å². The Hall–Kier alpha value is -1.43. The predicted octanol–water partition coefficient (Wildman–Crippen LogP) is 3.13. The van der Waals surface area contributed by atoms with Crippen molar-refractivity contribution in [3.05, 3.63) is 35.2 Å². The molecule has 2 aromatic rings. The smallest absolute Gasteiger partial charge is 0.241 e. The maximum Gasteiger partial charge on any atom is 0.241 e. The summed E-state index contributed by atoms with van der Waals surface area (Å²) in [6.45, 7) is 1.89. The normalized spacial score (nSPS) is 14.7. The minimum absolute atomic E-state index is 0.250. The number of benzene rings is 1. The van der Waals surface area contributed by atoms with Crippen molar-refractivity contribution in [3.63, 3.8) is 0 Å². The lowest BCUT2D eigenvalue weighted by molar-refractivity contribution is 0.203. The van der Waals surface area contributed by atoms with E-state index in [0.717, 1.165) is 24.9 Å². The van der Waals surface area contributed by atoms with Crippen molar-refractivity contribution in [1.82, 2.24) is 15.0 Å². The van der Waals surface area contributed by atoms with Crippen LogP contribution in [0.2, 0.25) is 5.02 Å². The molecule has 0 aliphatic heterocycles. The Labute approximate surface area is 134 Å². The maximum absolute atomic E-state index is 8.90. The van der Waals surface area contributed by atoms with Gasteiger partial charge in [0.05, 0.1) is 6.54 Å². The first-order valence-electron chi connectivity index (χ1n) is 7.69. The van der Waals surface area contributed by atoms with Crippen LogP contribution in [0.3, 0.4) is 0 Å². The SMILES string of the molecule is OCCCCN(Cc1nc(-c2ccc(Cl)cc2)no1)C1CC1. The first-order chi connectivity index (χ1) is 10.8. The number of hydrogen-bond acceptors (Lipinski definition) is 5. The molecule has 1 heterocycles. The first kappa shape index (κ1) is 15.5. The summed E-state index contributed by atoms with van der Waals surface area (Å²) in [7, 11) is 0. The largest absolute Gasteiger partial charge is 0.396 e. The van der Waals surface area contributed by atoms with Gasteiger partial charge in [-0.15, -0.1) is 0 Å². The van der Waals surface area contributed by atoms with Crippen LogP contribution >= 0.6 is 11.6 Å². The van der Waals surface area contributed by atoms with E-state index in [1.54, 1.807) is 0 Å². The van der Waals surface area contributed by atoms with E-state index in [-0.39, 0.29) is 6.61 Å². The highest BCUT2D eigenvalue weighted by Crippen LogP contribution is 2.28. The molecule has 0 radical (unpaired) electrons. The Morgan fingerprint density at radius 1 is 1.23 bits per heavy atom. The monoisotopic (exact) mass is 321 g/mol. The van der Waals surface area contributed by atoms with Gasteiger partial charge in [-0.1, -0.05) is 16.8 Å². The molecule has 0 saturated heterocycles. The number of nitrogens with zero attached hydrogens (tertiary/aromatic N) is 3. The zero-order valence-electron chi connectivity index (χ0n) is 12.4. The van der Waals surface area contributed by atoms with Crippen molar-refractivity contribution >= 4 is 11.6 Å². The quantitative estimate of drug-likeness (QED) is 0.757. The summed E-state index contributed by atoms with van der Waals surface area (Å²) < 4.78 is 5.38. The molecule has 1 aliphatic rings. The van der Waals surface area contributed by atoms with Crippen LogP contribution in [0.15, 0.2) is 28.8 Å². The number of rotatable bonds is 8. The molecule has 1 aromatic heterocycles. The van der Waals surface area contributed by atoms with Crippen LogP contribution in [0.1, 0.15) is 31.6 Å². The molecule has 0 unspecified atom stereocenters. The second kappa shape index (κ2) is 7.22. The third-order valence-electron chi connectivity index (χ3n) is 3.83. The first-order valence-corrected chi connectivity index (χ1v) is 8.07. The summed E-state index contributed by atoms with van der Waals surface area (Å²) in [5.74, 6) is 1.23. The third-order valence-corrected chi connectivity index (χ3v) is 4.08. The second-order valence-corrected chi connectivity index (χ2v) is 6.09. The molecule has 6 heteroatoms. The minimum atomic E-state index is 0.250. The van der Waals surface area contributed by atoms with Gasteiger partial charge in [-0.25, -0.2) is 0 Å². The number of halogens is 1. The van der Waals surface area contributed by atoms with Crippen LogP contribution in [0, 0.1) is 0 Å². The van der Waals surface area contributed by atoms with E-state index in [9.17, 15) is 0 Å². The second-order valence-electron chi connectivity index (χ2n) is 5.65.